The number of nitrogens with zero attached hydrogens (tertiary/aromatic N) is 1. The summed E-state index contributed by atoms with van der Waals surface area (Å²) >= 11 is 1.93. The summed E-state index contributed by atoms with van der Waals surface area (Å²) in [7, 11) is 0. The topological polar surface area (TPSA) is 3.24 Å². The van der Waals surface area contributed by atoms with Crippen LogP contribution in [0.1, 0.15) is 43.4 Å². The molecule has 88 valence electrons. The molecule has 1 saturated carbocycles. The van der Waals surface area contributed by atoms with E-state index in [1.165, 1.54) is 51.5 Å². The number of likely N-dealkylation sites (tertiary alicyclic amines) is 1. The maximum atomic E-state index is 2.83. The van der Waals surface area contributed by atoms with Crippen LogP contribution in [0.4, 0.5) is 0 Å². The molecule has 1 aliphatic carbocycles. The molecule has 2 heterocycles. The second-order valence-corrected chi connectivity index (χ2v) is 6.29. The minimum atomic E-state index is 0.849. The summed E-state index contributed by atoms with van der Waals surface area (Å²) in [5.41, 5.74) is 0. The van der Waals surface area contributed by atoms with E-state index in [-0.39, 0.29) is 0 Å². The van der Waals surface area contributed by atoms with Gasteiger partial charge in [-0.1, -0.05) is 18.9 Å². The monoisotopic (exact) mass is 235 g/mol. The van der Waals surface area contributed by atoms with E-state index in [4.69, 9.17) is 0 Å². The summed E-state index contributed by atoms with van der Waals surface area (Å²) in [5, 5.41) is 2.21. The first kappa shape index (κ1) is 10.8. The van der Waals surface area contributed by atoms with E-state index in [2.05, 4.69) is 22.4 Å². The average Bonchev–Trinajstić information content (AvgIpc) is 2.98. The maximum absolute atomic E-state index is 2.83. The fourth-order valence-electron chi connectivity index (χ4n) is 3.45. The standard InChI is InChI=1S/C14H21NS/c1-2-6-12(5-1)15-9-3-7-13(15)11-14-8-4-10-16-14/h4,8,10,12-13H,1-3,5-7,9,11H2. The van der Waals surface area contributed by atoms with Gasteiger partial charge in [0.1, 0.15) is 0 Å². The molecule has 1 aromatic heterocycles. The molecule has 1 nitrogen and oxygen atoms in total. The van der Waals surface area contributed by atoms with Crippen LogP contribution < -0.4 is 0 Å². The van der Waals surface area contributed by atoms with Crippen LogP contribution in [0, 0.1) is 0 Å². The molecular weight excluding hydrogens is 214 g/mol. The molecule has 0 radical (unpaired) electrons. The fraction of sp³-hybridized carbons (Fsp3) is 0.714. The number of hydrogen-bond acceptors (Lipinski definition) is 2. The zero-order chi connectivity index (χ0) is 10.8. The maximum Gasteiger partial charge on any atom is 0.0147 e. The largest absolute Gasteiger partial charge is 0.297 e. The van der Waals surface area contributed by atoms with Gasteiger partial charge in [0.25, 0.3) is 0 Å². The van der Waals surface area contributed by atoms with E-state index in [1.54, 1.807) is 4.88 Å². The minimum absolute atomic E-state index is 0.849. The summed E-state index contributed by atoms with van der Waals surface area (Å²) in [6, 6.07) is 6.26. The average molecular weight is 235 g/mol. The van der Waals surface area contributed by atoms with Gasteiger partial charge in [0, 0.05) is 17.0 Å². The van der Waals surface area contributed by atoms with Crippen LogP contribution in [0.2, 0.25) is 0 Å². The molecule has 1 aliphatic heterocycles. The lowest BCUT2D eigenvalue weighted by Gasteiger charge is -2.30. The second kappa shape index (κ2) is 4.89. The SMILES string of the molecule is c1csc(CC2CCCN2C2CCCC2)c1. The highest BCUT2D eigenvalue weighted by molar-refractivity contribution is 7.09. The van der Waals surface area contributed by atoms with Crippen molar-refractivity contribution < 1.29 is 0 Å². The van der Waals surface area contributed by atoms with Crippen LogP contribution in [0.3, 0.4) is 0 Å². The first-order valence-corrected chi connectivity index (χ1v) is 7.59. The zero-order valence-corrected chi connectivity index (χ0v) is 10.7. The summed E-state index contributed by atoms with van der Waals surface area (Å²) in [6.45, 7) is 1.36. The van der Waals surface area contributed by atoms with Gasteiger partial charge in [0.05, 0.1) is 0 Å². The molecule has 0 bridgehead atoms. The van der Waals surface area contributed by atoms with Crippen LogP contribution in [0.5, 0.6) is 0 Å². The molecule has 16 heavy (non-hydrogen) atoms. The van der Waals surface area contributed by atoms with Crippen molar-refractivity contribution in [1.82, 2.24) is 4.90 Å². The predicted octanol–water partition coefficient (Wildman–Crippen LogP) is 3.70. The Hall–Kier alpha value is -0.340. The molecule has 2 fully saturated rings. The van der Waals surface area contributed by atoms with Crippen LogP contribution in [-0.4, -0.2) is 23.5 Å². The number of rotatable bonds is 3. The van der Waals surface area contributed by atoms with Crippen LogP contribution in [0.25, 0.3) is 0 Å². The lowest BCUT2D eigenvalue weighted by Crippen LogP contribution is -2.38. The zero-order valence-electron chi connectivity index (χ0n) is 9.90. The van der Waals surface area contributed by atoms with E-state index in [9.17, 15) is 0 Å². The molecule has 0 aromatic carbocycles. The quantitative estimate of drug-likeness (QED) is 0.772. The summed E-state index contributed by atoms with van der Waals surface area (Å²) in [5.74, 6) is 0. The van der Waals surface area contributed by atoms with Gasteiger partial charge in [0.15, 0.2) is 0 Å². The smallest absolute Gasteiger partial charge is 0.0147 e. The molecule has 0 N–H and O–H groups in total. The fourth-order valence-corrected chi connectivity index (χ4v) is 4.23. The molecule has 2 aliphatic rings. The highest BCUT2D eigenvalue weighted by atomic mass is 32.1. The Morgan fingerprint density at radius 1 is 1.19 bits per heavy atom. The normalized spacial score (nSPS) is 27.9. The van der Waals surface area contributed by atoms with Crippen molar-refractivity contribution >= 4 is 11.3 Å². The number of thiophene rings is 1. The molecule has 1 saturated heterocycles. The van der Waals surface area contributed by atoms with E-state index in [1.807, 2.05) is 11.3 Å². The van der Waals surface area contributed by atoms with Crippen molar-refractivity contribution in [2.24, 2.45) is 0 Å². The second-order valence-electron chi connectivity index (χ2n) is 5.26. The van der Waals surface area contributed by atoms with Gasteiger partial charge >= 0.3 is 0 Å². The Labute approximate surface area is 102 Å². The highest BCUT2D eigenvalue weighted by Gasteiger charge is 2.32. The van der Waals surface area contributed by atoms with Gasteiger partial charge < -0.3 is 0 Å². The van der Waals surface area contributed by atoms with Gasteiger partial charge in [0.2, 0.25) is 0 Å². The molecule has 2 heteroatoms. The molecule has 0 amide bonds. The molecule has 1 unspecified atom stereocenters. The van der Waals surface area contributed by atoms with Crippen LogP contribution in [-0.2, 0) is 6.42 Å². The van der Waals surface area contributed by atoms with Crippen molar-refractivity contribution in [3.8, 4) is 0 Å². The van der Waals surface area contributed by atoms with Crippen molar-refractivity contribution in [1.29, 1.82) is 0 Å². The molecule has 0 spiro atoms. The molecule has 1 atom stereocenters. The lowest BCUT2D eigenvalue weighted by molar-refractivity contribution is 0.181. The Morgan fingerprint density at radius 3 is 2.81 bits per heavy atom. The number of hydrogen-bond donors (Lipinski definition) is 0. The summed E-state index contributed by atoms with van der Waals surface area (Å²) < 4.78 is 0. The van der Waals surface area contributed by atoms with E-state index in [0.29, 0.717) is 0 Å². The third-order valence-electron chi connectivity index (χ3n) is 4.23. The van der Waals surface area contributed by atoms with Gasteiger partial charge in [-0.3, -0.25) is 4.90 Å². The first-order valence-electron chi connectivity index (χ1n) is 6.71. The van der Waals surface area contributed by atoms with E-state index in [0.717, 1.165) is 12.1 Å². The Balaban J connectivity index is 1.64. The molecular formula is C14H21NS. The lowest BCUT2D eigenvalue weighted by atomic mass is 10.1. The third-order valence-corrected chi connectivity index (χ3v) is 5.13. The van der Waals surface area contributed by atoms with Crippen molar-refractivity contribution in [3.05, 3.63) is 22.4 Å². The predicted molar refractivity (Wildman–Crippen MR) is 70.0 cm³/mol. The van der Waals surface area contributed by atoms with Gasteiger partial charge in [-0.2, -0.15) is 0 Å². The van der Waals surface area contributed by atoms with Gasteiger partial charge in [-0.15, -0.1) is 11.3 Å². The van der Waals surface area contributed by atoms with Crippen molar-refractivity contribution in [3.63, 3.8) is 0 Å². The highest BCUT2D eigenvalue weighted by Crippen LogP contribution is 2.31. The Bertz CT molecular complexity index is 313. The summed E-state index contributed by atoms with van der Waals surface area (Å²) in [6.07, 6.45) is 10.00. The van der Waals surface area contributed by atoms with Crippen LogP contribution in [0.15, 0.2) is 17.5 Å². The Kier molecular flexibility index (Phi) is 3.30. The van der Waals surface area contributed by atoms with E-state index >= 15 is 0 Å². The first-order chi connectivity index (χ1) is 7.93. The van der Waals surface area contributed by atoms with Crippen LogP contribution >= 0.6 is 11.3 Å². The van der Waals surface area contributed by atoms with Gasteiger partial charge in [-0.25, -0.2) is 0 Å². The van der Waals surface area contributed by atoms with Crippen molar-refractivity contribution in [2.45, 2.75) is 57.0 Å². The molecule has 3 rings (SSSR count). The Morgan fingerprint density at radius 2 is 2.06 bits per heavy atom. The van der Waals surface area contributed by atoms with E-state index < -0.39 is 0 Å². The summed E-state index contributed by atoms with van der Waals surface area (Å²) in [4.78, 5) is 4.40. The van der Waals surface area contributed by atoms with Crippen molar-refractivity contribution in [2.75, 3.05) is 6.54 Å². The van der Waals surface area contributed by atoms with Gasteiger partial charge in [-0.05, 0) is 50.1 Å². The minimum Gasteiger partial charge on any atom is -0.297 e. The third kappa shape index (κ3) is 2.18. The molecule has 1 aromatic rings.